The molecule has 0 aliphatic carbocycles. The van der Waals surface area contributed by atoms with Crippen LogP contribution in [-0.2, 0) is 4.74 Å². The number of hydrogen-bond donors (Lipinski definition) is 2. The molecule has 5 nitrogen and oxygen atoms in total. The van der Waals surface area contributed by atoms with Gasteiger partial charge in [0.2, 0.25) is 0 Å². The molecule has 18 heavy (non-hydrogen) atoms. The van der Waals surface area contributed by atoms with Crippen LogP contribution in [0.3, 0.4) is 0 Å². The van der Waals surface area contributed by atoms with Crippen molar-refractivity contribution in [2.24, 2.45) is 0 Å². The van der Waals surface area contributed by atoms with E-state index >= 15 is 0 Å². The van der Waals surface area contributed by atoms with Gasteiger partial charge in [-0.05, 0) is 12.8 Å². The average Bonchev–Trinajstić information content (AvgIpc) is 2.39. The second-order valence-electron chi connectivity index (χ2n) is 4.21. The molecular weight excluding hydrogens is 232 g/mol. The van der Waals surface area contributed by atoms with Crippen molar-refractivity contribution in [1.29, 1.82) is 0 Å². The van der Waals surface area contributed by atoms with Gasteiger partial charge < -0.3 is 25.3 Å². The van der Waals surface area contributed by atoms with Gasteiger partial charge in [0.1, 0.15) is 13.2 Å². The molecule has 0 saturated carbocycles. The van der Waals surface area contributed by atoms with Crippen molar-refractivity contribution < 1.29 is 14.2 Å². The summed E-state index contributed by atoms with van der Waals surface area (Å²) in [6.45, 7) is 2.83. The molecule has 1 aromatic carbocycles. The van der Waals surface area contributed by atoms with Crippen LogP contribution in [0.15, 0.2) is 12.1 Å². The fraction of sp³-hybridized carbons (Fsp3) is 0.538. The summed E-state index contributed by atoms with van der Waals surface area (Å²) < 4.78 is 16.0. The molecule has 2 rings (SSSR count). The number of hydrogen-bond acceptors (Lipinski definition) is 5. The molecule has 5 heteroatoms. The van der Waals surface area contributed by atoms with Gasteiger partial charge in [-0.2, -0.15) is 0 Å². The molecule has 0 aromatic heterocycles. The topological polar surface area (TPSA) is 65.7 Å². The van der Waals surface area contributed by atoms with Gasteiger partial charge in [0.25, 0.3) is 0 Å². The van der Waals surface area contributed by atoms with E-state index in [1.165, 1.54) is 0 Å². The predicted octanol–water partition coefficient (Wildman–Crippen LogP) is 1.88. The first-order valence-electron chi connectivity index (χ1n) is 6.23. The highest BCUT2D eigenvalue weighted by atomic mass is 16.6. The lowest BCUT2D eigenvalue weighted by atomic mass is 10.2. The van der Waals surface area contributed by atoms with Crippen LogP contribution >= 0.6 is 0 Å². The van der Waals surface area contributed by atoms with E-state index in [4.69, 9.17) is 19.9 Å². The Balaban J connectivity index is 1.91. The van der Waals surface area contributed by atoms with E-state index in [1.54, 1.807) is 7.11 Å². The molecule has 0 amide bonds. The van der Waals surface area contributed by atoms with Gasteiger partial charge in [-0.15, -0.1) is 0 Å². The van der Waals surface area contributed by atoms with Crippen molar-refractivity contribution in [2.45, 2.75) is 12.8 Å². The zero-order chi connectivity index (χ0) is 12.8. The summed E-state index contributed by atoms with van der Waals surface area (Å²) in [7, 11) is 1.71. The Labute approximate surface area is 107 Å². The molecule has 0 atom stereocenters. The number of methoxy groups -OCH3 is 1. The van der Waals surface area contributed by atoms with E-state index in [1.807, 2.05) is 12.1 Å². The molecule has 1 heterocycles. The highest BCUT2D eigenvalue weighted by Gasteiger charge is 2.14. The molecule has 0 unspecified atom stereocenters. The maximum atomic E-state index is 5.96. The van der Waals surface area contributed by atoms with E-state index in [-0.39, 0.29) is 0 Å². The lowest BCUT2D eigenvalue weighted by molar-refractivity contribution is 0.172. The van der Waals surface area contributed by atoms with Crippen LogP contribution in [-0.4, -0.2) is 33.5 Å². The standard InChI is InChI=1S/C13H20N2O3/c1-16-5-3-2-4-15-11-9-13-12(8-10(11)14)17-6-7-18-13/h8-9,15H,2-7,14H2,1H3. The maximum Gasteiger partial charge on any atom is 0.163 e. The second-order valence-corrected chi connectivity index (χ2v) is 4.21. The van der Waals surface area contributed by atoms with Crippen LogP contribution in [0.4, 0.5) is 11.4 Å². The zero-order valence-corrected chi connectivity index (χ0v) is 10.7. The molecule has 1 aliphatic rings. The molecule has 0 fully saturated rings. The van der Waals surface area contributed by atoms with Crippen molar-refractivity contribution in [2.75, 3.05) is 44.5 Å². The number of unbranched alkanes of at least 4 members (excludes halogenated alkanes) is 1. The summed E-state index contributed by atoms with van der Waals surface area (Å²) in [6, 6.07) is 3.71. The Hall–Kier alpha value is -1.62. The smallest absolute Gasteiger partial charge is 0.163 e. The minimum atomic E-state index is 0.580. The highest BCUT2D eigenvalue weighted by Crippen LogP contribution is 2.36. The molecule has 0 saturated heterocycles. The second kappa shape index (κ2) is 6.35. The van der Waals surface area contributed by atoms with Gasteiger partial charge >= 0.3 is 0 Å². The molecular formula is C13H20N2O3. The van der Waals surface area contributed by atoms with Crippen LogP contribution in [0.25, 0.3) is 0 Å². The fourth-order valence-corrected chi connectivity index (χ4v) is 1.85. The van der Waals surface area contributed by atoms with Crippen LogP contribution < -0.4 is 20.5 Å². The maximum absolute atomic E-state index is 5.96. The quantitative estimate of drug-likeness (QED) is 0.597. The zero-order valence-electron chi connectivity index (χ0n) is 10.7. The summed E-state index contributed by atoms with van der Waals surface area (Å²) in [6.07, 6.45) is 2.08. The molecule has 100 valence electrons. The van der Waals surface area contributed by atoms with Crippen LogP contribution in [0.5, 0.6) is 11.5 Å². The van der Waals surface area contributed by atoms with E-state index < -0.39 is 0 Å². The van der Waals surface area contributed by atoms with E-state index in [0.29, 0.717) is 18.9 Å². The Morgan fingerprint density at radius 2 is 1.94 bits per heavy atom. The molecule has 0 radical (unpaired) electrons. The Bertz CT molecular complexity index is 396. The summed E-state index contributed by atoms with van der Waals surface area (Å²) >= 11 is 0. The lowest BCUT2D eigenvalue weighted by Crippen LogP contribution is -2.16. The van der Waals surface area contributed by atoms with Gasteiger partial charge in [-0.25, -0.2) is 0 Å². The van der Waals surface area contributed by atoms with E-state index in [9.17, 15) is 0 Å². The van der Waals surface area contributed by atoms with Crippen molar-refractivity contribution in [3.8, 4) is 11.5 Å². The number of fused-ring (bicyclic) bond motifs is 1. The summed E-state index contributed by atoms with van der Waals surface area (Å²) in [4.78, 5) is 0. The molecule has 0 bridgehead atoms. The third-order valence-corrected chi connectivity index (χ3v) is 2.81. The number of nitrogens with two attached hydrogens (primary N) is 1. The third-order valence-electron chi connectivity index (χ3n) is 2.81. The normalized spacial score (nSPS) is 13.4. The summed E-state index contributed by atoms with van der Waals surface area (Å²) in [5, 5.41) is 3.31. The monoisotopic (exact) mass is 252 g/mol. The fourth-order valence-electron chi connectivity index (χ4n) is 1.85. The number of benzene rings is 1. The van der Waals surface area contributed by atoms with Crippen molar-refractivity contribution >= 4 is 11.4 Å². The molecule has 3 N–H and O–H groups in total. The summed E-state index contributed by atoms with van der Waals surface area (Å²) in [5.74, 6) is 1.48. The minimum absolute atomic E-state index is 0.580. The van der Waals surface area contributed by atoms with Gasteiger partial charge in [-0.1, -0.05) is 0 Å². The SMILES string of the molecule is COCCCCNc1cc2c(cc1N)OCCO2. The predicted molar refractivity (Wildman–Crippen MR) is 71.4 cm³/mol. The first kappa shape index (κ1) is 12.8. The Kier molecular flexibility index (Phi) is 4.52. The highest BCUT2D eigenvalue weighted by molar-refractivity contribution is 5.72. The number of ether oxygens (including phenoxy) is 3. The van der Waals surface area contributed by atoms with Crippen LogP contribution in [0.1, 0.15) is 12.8 Å². The Morgan fingerprint density at radius 1 is 1.22 bits per heavy atom. The van der Waals surface area contributed by atoms with Crippen LogP contribution in [0, 0.1) is 0 Å². The first-order chi connectivity index (χ1) is 8.81. The van der Waals surface area contributed by atoms with Crippen molar-refractivity contribution in [1.82, 2.24) is 0 Å². The largest absolute Gasteiger partial charge is 0.486 e. The number of nitrogen functional groups attached to an aromatic ring is 1. The Morgan fingerprint density at radius 3 is 2.67 bits per heavy atom. The summed E-state index contributed by atoms with van der Waals surface area (Å²) in [5.41, 5.74) is 7.55. The van der Waals surface area contributed by atoms with Crippen molar-refractivity contribution in [3.05, 3.63) is 12.1 Å². The van der Waals surface area contributed by atoms with Crippen LogP contribution in [0.2, 0.25) is 0 Å². The van der Waals surface area contributed by atoms with Gasteiger partial charge in [0.05, 0.1) is 11.4 Å². The van der Waals surface area contributed by atoms with E-state index in [0.717, 1.165) is 43.2 Å². The molecule has 0 spiro atoms. The lowest BCUT2D eigenvalue weighted by Gasteiger charge is -2.20. The van der Waals surface area contributed by atoms with Gasteiger partial charge in [0, 0.05) is 32.4 Å². The van der Waals surface area contributed by atoms with Crippen molar-refractivity contribution in [3.63, 3.8) is 0 Å². The minimum Gasteiger partial charge on any atom is -0.486 e. The number of rotatable bonds is 6. The van der Waals surface area contributed by atoms with Gasteiger partial charge in [-0.3, -0.25) is 0 Å². The third kappa shape index (κ3) is 3.20. The molecule has 1 aliphatic heterocycles. The first-order valence-corrected chi connectivity index (χ1v) is 6.23. The average molecular weight is 252 g/mol. The number of anilines is 2. The van der Waals surface area contributed by atoms with E-state index in [2.05, 4.69) is 5.32 Å². The van der Waals surface area contributed by atoms with Gasteiger partial charge in [0.15, 0.2) is 11.5 Å². The number of nitrogens with one attached hydrogen (secondary N) is 1. The molecule has 1 aromatic rings.